The molecule has 1 aliphatic rings. The topological polar surface area (TPSA) is 52.5 Å². The van der Waals surface area contributed by atoms with Crippen LogP contribution >= 0.6 is 11.8 Å². The van der Waals surface area contributed by atoms with Crippen LogP contribution in [0.4, 0.5) is 0 Å². The summed E-state index contributed by atoms with van der Waals surface area (Å²) in [7, 11) is 0. The molecule has 0 saturated carbocycles. The van der Waals surface area contributed by atoms with E-state index >= 15 is 0 Å². The molecular formula is C13H19NO2S. The smallest absolute Gasteiger partial charge is 0.119 e. The lowest BCUT2D eigenvalue weighted by molar-refractivity contribution is 0.446. The molecule has 1 aromatic carbocycles. The summed E-state index contributed by atoms with van der Waals surface area (Å²) >= 11 is 2.02. The van der Waals surface area contributed by atoms with E-state index in [9.17, 15) is 10.2 Å². The minimum Gasteiger partial charge on any atom is -0.508 e. The third-order valence-corrected chi connectivity index (χ3v) is 4.50. The Hall–Kier alpha value is -0.870. The van der Waals surface area contributed by atoms with Gasteiger partial charge in [-0.25, -0.2) is 0 Å². The summed E-state index contributed by atoms with van der Waals surface area (Å²) in [6.45, 7) is 3.04. The standard InChI is InChI=1S/C13H19NO2S/c1-9(14-8-13-3-2-4-17-13)10-5-11(15)7-12(16)6-10/h5-7,9,13-16H,2-4,8H2,1H3. The second-order valence-electron chi connectivity index (χ2n) is 4.55. The van der Waals surface area contributed by atoms with Crippen LogP contribution < -0.4 is 5.32 Å². The highest BCUT2D eigenvalue weighted by atomic mass is 32.2. The van der Waals surface area contributed by atoms with E-state index in [1.54, 1.807) is 12.1 Å². The van der Waals surface area contributed by atoms with E-state index in [4.69, 9.17) is 0 Å². The molecule has 0 aliphatic carbocycles. The maximum absolute atomic E-state index is 9.43. The van der Waals surface area contributed by atoms with Gasteiger partial charge in [0.25, 0.3) is 0 Å². The van der Waals surface area contributed by atoms with Crippen molar-refractivity contribution in [2.24, 2.45) is 0 Å². The molecule has 1 aliphatic heterocycles. The predicted molar refractivity (Wildman–Crippen MR) is 71.7 cm³/mol. The van der Waals surface area contributed by atoms with Crippen LogP contribution in [0, 0.1) is 0 Å². The number of phenols is 2. The van der Waals surface area contributed by atoms with Gasteiger partial charge < -0.3 is 15.5 Å². The zero-order valence-electron chi connectivity index (χ0n) is 10.0. The molecule has 1 heterocycles. The third-order valence-electron chi connectivity index (χ3n) is 3.10. The number of benzene rings is 1. The number of nitrogens with one attached hydrogen (secondary N) is 1. The molecule has 1 fully saturated rings. The van der Waals surface area contributed by atoms with Gasteiger partial charge >= 0.3 is 0 Å². The van der Waals surface area contributed by atoms with Crippen molar-refractivity contribution in [3.05, 3.63) is 23.8 Å². The Morgan fingerprint density at radius 1 is 1.35 bits per heavy atom. The highest BCUT2D eigenvalue weighted by Gasteiger charge is 2.16. The van der Waals surface area contributed by atoms with Crippen LogP contribution in [-0.4, -0.2) is 27.8 Å². The first-order valence-electron chi connectivity index (χ1n) is 6.03. The quantitative estimate of drug-likeness (QED) is 0.772. The Kier molecular flexibility index (Phi) is 4.18. The Morgan fingerprint density at radius 2 is 2.06 bits per heavy atom. The first-order valence-corrected chi connectivity index (χ1v) is 7.08. The molecule has 0 amide bonds. The van der Waals surface area contributed by atoms with Gasteiger partial charge in [0.1, 0.15) is 11.5 Å². The molecule has 1 saturated heterocycles. The zero-order valence-corrected chi connectivity index (χ0v) is 10.8. The van der Waals surface area contributed by atoms with E-state index in [0.717, 1.165) is 12.1 Å². The first-order chi connectivity index (χ1) is 8.15. The van der Waals surface area contributed by atoms with Crippen LogP contribution in [0.1, 0.15) is 31.4 Å². The van der Waals surface area contributed by atoms with Crippen molar-refractivity contribution in [2.45, 2.75) is 31.1 Å². The van der Waals surface area contributed by atoms with Crippen molar-refractivity contribution in [1.82, 2.24) is 5.32 Å². The van der Waals surface area contributed by atoms with E-state index < -0.39 is 0 Å². The van der Waals surface area contributed by atoms with Gasteiger partial charge in [0.2, 0.25) is 0 Å². The summed E-state index contributed by atoms with van der Waals surface area (Å²) in [5, 5.41) is 23.0. The van der Waals surface area contributed by atoms with Gasteiger partial charge in [0, 0.05) is 23.9 Å². The van der Waals surface area contributed by atoms with Gasteiger partial charge in [-0.2, -0.15) is 11.8 Å². The first kappa shape index (κ1) is 12.6. The molecule has 4 heteroatoms. The Morgan fingerprint density at radius 3 is 2.65 bits per heavy atom. The van der Waals surface area contributed by atoms with Crippen LogP contribution in [-0.2, 0) is 0 Å². The predicted octanol–water partition coefficient (Wildman–Crippen LogP) is 2.64. The maximum Gasteiger partial charge on any atom is 0.119 e. The van der Waals surface area contributed by atoms with E-state index in [1.165, 1.54) is 24.7 Å². The van der Waals surface area contributed by atoms with Crippen molar-refractivity contribution in [1.29, 1.82) is 0 Å². The monoisotopic (exact) mass is 253 g/mol. The molecule has 0 spiro atoms. The molecular weight excluding hydrogens is 234 g/mol. The van der Waals surface area contributed by atoms with Crippen LogP contribution in [0.2, 0.25) is 0 Å². The Balaban J connectivity index is 1.91. The molecule has 3 N–H and O–H groups in total. The summed E-state index contributed by atoms with van der Waals surface area (Å²) in [5.41, 5.74) is 0.922. The van der Waals surface area contributed by atoms with Crippen LogP contribution in [0.15, 0.2) is 18.2 Å². The fraction of sp³-hybridized carbons (Fsp3) is 0.538. The van der Waals surface area contributed by atoms with Crippen LogP contribution in [0.25, 0.3) is 0 Å². The van der Waals surface area contributed by atoms with Gasteiger partial charge in [0.15, 0.2) is 0 Å². The minimum absolute atomic E-state index is 0.115. The second-order valence-corrected chi connectivity index (χ2v) is 5.96. The van der Waals surface area contributed by atoms with Crippen LogP contribution in [0.3, 0.4) is 0 Å². The maximum atomic E-state index is 9.43. The summed E-state index contributed by atoms with van der Waals surface area (Å²) in [6.07, 6.45) is 2.61. The molecule has 94 valence electrons. The van der Waals surface area contributed by atoms with E-state index in [2.05, 4.69) is 5.32 Å². The van der Waals surface area contributed by atoms with Crippen molar-refractivity contribution in [3.8, 4) is 11.5 Å². The summed E-state index contributed by atoms with van der Waals surface area (Å²) < 4.78 is 0. The van der Waals surface area contributed by atoms with Gasteiger partial charge in [-0.1, -0.05) is 0 Å². The van der Waals surface area contributed by atoms with Crippen molar-refractivity contribution < 1.29 is 10.2 Å². The van der Waals surface area contributed by atoms with Gasteiger partial charge in [-0.3, -0.25) is 0 Å². The molecule has 2 rings (SSSR count). The average molecular weight is 253 g/mol. The molecule has 1 aromatic rings. The van der Waals surface area contributed by atoms with Crippen molar-refractivity contribution in [3.63, 3.8) is 0 Å². The second kappa shape index (κ2) is 5.65. The fourth-order valence-electron chi connectivity index (χ4n) is 2.10. The molecule has 0 bridgehead atoms. The summed E-state index contributed by atoms with van der Waals surface area (Å²) in [4.78, 5) is 0. The molecule has 2 unspecified atom stereocenters. The SMILES string of the molecule is CC(NCC1CCCS1)c1cc(O)cc(O)c1. The van der Waals surface area contributed by atoms with Gasteiger partial charge in [-0.05, 0) is 43.2 Å². The highest BCUT2D eigenvalue weighted by molar-refractivity contribution is 8.00. The number of phenolic OH excluding ortho intramolecular Hbond substituents is 2. The number of hydrogen-bond acceptors (Lipinski definition) is 4. The lowest BCUT2D eigenvalue weighted by Gasteiger charge is -2.17. The number of rotatable bonds is 4. The lowest BCUT2D eigenvalue weighted by Crippen LogP contribution is -2.26. The highest BCUT2D eigenvalue weighted by Crippen LogP contribution is 2.27. The van der Waals surface area contributed by atoms with E-state index in [-0.39, 0.29) is 17.5 Å². The number of aromatic hydroxyl groups is 2. The molecule has 0 aromatic heterocycles. The van der Waals surface area contributed by atoms with E-state index in [1.807, 2.05) is 18.7 Å². The van der Waals surface area contributed by atoms with Crippen molar-refractivity contribution in [2.75, 3.05) is 12.3 Å². The summed E-state index contributed by atoms with van der Waals surface area (Å²) in [5.74, 6) is 1.50. The average Bonchev–Trinajstić information content (AvgIpc) is 2.77. The van der Waals surface area contributed by atoms with Gasteiger partial charge in [0.05, 0.1) is 0 Å². The van der Waals surface area contributed by atoms with Gasteiger partial charge in [-0.15, -0.1) is 0 Å². The van der Waals surface area contributed by atoms with E-state index in [0.29, 0.717) is 5.25 Å². The largest absolute Gasteiger partial charge is 0.508 e. The lowest BCUT2D eigenvalue weighted by atomic mass is 10.1. The normalized spacial score (nSPS) is 21.6. The van der Waals surface area contributed by atoms with Crippen molar-refractivity contribution >= 4 is 11.8 Å². The zero-order chi connectivity index (χ0) is 12.3. The molecule has 2 atom stereocenters. The molecule has 17 heavy (non-hydrogen) atoms. The Bertz CT molecular complexity index is 357. The fourth-order valence-corrected chi connectivity index (χ4v) is 3.31. The molecule has 0 radical (unpaired) electrons. The summed E-state index contributed by atoms with van der Waals surface area (Å²) in [6, 6.07) is 4.88. The number of hydrogen-bond donors (Lipinski definition) is 3. The minimum atomic E-state index is 0.115. The van der Waals surface area contributed by atoms with Crippen LogP contribution in [0.5, 0.6) is 11.5 Å². The third kappa shape index (κ3) is 3.54. The number of thioether (sulfide) groups is 1. The molecule has 3 nitrogen and oxygen atoms in total. The Labute approximate surface area is 106 Å².